The minimum absolute atomic E-state index is 0.0469. The summed E-state index contributed by atoms with van der Waals surface area (Å²) in [4.78, 5) is 23.3. The molecule has 1 aromatic carbocycles. The number of ether oxygens (including phenoxy) is 2. The second-order valence-corrected chi connectivity index (χ2v) is 6.73. The Morgan fingerprint density at radius 1 is 1.17 bits per heavy atom. The summed E-state index contributed by atoms with van der Waals surface area (Å²) in [6, 6.07) is 4.18. The van der Waals surface area contributed by atoms with Gasteiger partial charge in [0.2, 0.25) is 11.8 Å². The number of benzene rings is 1. The summed E-state index contributed by atoms with van der Waals surface area (Å²) >= 11 is 1.50. The summed E-state index contributed by atoms with van der Waals surface area (Å²) in [6.07, 6.45) is 2.08. The largest absolute Gasteiger partial charge is 0.493 e. The van der Waals surface area contributed by atoms with Gasteiger partial charge in [-0.05, 0) is 43.0 Å². The molecule has 24 heavy (non-hydrogen) atoms. The number of aryl methyl sites for hydroxylation is 1. The Labute approximate surface area is 146 Å². The Kier molecular flexibility index (Phi) is 6.78. The van der Waals surface area contributed by atoms with Crippen molar-refractivity contribution >= 4 is 23.6 Å². The van der Waals surface area contributed by atoms with Crippen molar-refractivity contribution in [1.29, 1.82) is 0 Å². The maximum Gasteiger partial charge on any atom is 0.239 e. The van der Waals surface area contributed by atoms with Crippen LogP contribution in [0.2, 0.25) is 0 Å². The molecule has 0 heterocycles. The van der Waals surface area contributed by atoms with E-state index in [1.54, 1.807) is 14.2 Å². The number of amides is 2. The standard InChI is InChI=1S/C17H24N2O4S/c1-11-6-14(22-2)15(23-3)7-12(11)9-24-10-17(21)18-8-16(20)19-13-4-5-13/h6-7,13H,4-5,8-10H2,1-3H3,(H,18,21)(H,19,20). The van der Waals surface area contributed by atoms with Crippen LogP contribution < -0.4 is 20.1 Å². The van der Waals surface area contributed by atoms with E-state index in [0.29, 0.717) is 29.0 Å². The molecule has 0 aromatic heterocycles. The minimum Gasteiger partial charge on any atom is -0.493 e. The van der Waals surface area contributed by atoms with Crippen LogP contribution in [0.4, 0.5) is 0 Å². The molecule has 6 nitrogen and oxygen atoms in total. The highest BCUT2D eigenvalue weighted by Gasteiger charge is 2.23. The van der Waals surface area contributed by atoms with E-state index in [1.165, 1.54) is 11.8 Å². The molecule has 2 N–H and O–H groups in total. The van der Waals surface area contributed by atoms with Crippen LogP contribution in [0, 0.1) is 6.92 Å². The lowest BCUT2D eigenvalue weighted by molar-refractivity contribution is -0.124. The molecule has 0 saturated heterocycles. The van der Waals surface area contributed by atoms with Crippen LogP contribution in [-0.4, -0.2) is 44.4 Å². The molecular formula is C17H24N2O4S. The van der Waals surface area contributed by atoms with Crippen molar-refractivity contribution in [2.24, 2.45) is 0 Å². The summed E-state index contributed by atoms with van der Waals surface area (Å²) in [5, 5.41) is 5.48. The fraction of sp³-hybridized carbons (Fsp3) is 0.529. The number of carbonyl (C=O) groups excluding carboxylic acids is 2. The molecule has 1 fully saturated rings. The van der Waals surface area contributed by atoms with E-state index in [0.717, 1.165) is 24.0 Å². The summed E-state index contributed by atoms with van der Waals surface area (Å²) < 4.78 is 10.6. The summed E-state index contributed by atoms with van der Waals surface area (Å²) in [7, 11) is 3.21. The smallest absolute Gasteiger partial charge is 0.239 e. The Bertz CT molecular complexity index is 602. The Balaban J connectivity index is 1.74. The van der Waals surface area contributed by atoms with Crippen molar-refractivity contribution in [3.8, 4) is 11.5 Å². The van der Waals surface area contributed by atoms with E-state index < -0.39 is 0 Å². The fourth-order valence-corrected chi connectivity index (χ4v) is 3.09. The number of nitrogens with one attached hydrogen (secondary N) is 2. The van der Waals surface area contributed by atoms with Gasteiger partial charge in [-0.3, -0.25) is 9.59 Å². The van der Waals surface area contributed by atoms with Crippen molar-refractivity contribution in [2.45, 2.75) is 31.6 Å². The Hall–Kier alpha value is -1.89. The molecule has 0 bridgehead atoms. The second kappa shape index (κ2) is 8.82. The SMILES string of the molecule is COc1cc(C)c(CSCC(=O)NCC(=O)NC2CC2)cc1OC. The predicted octanol–water partition coefficient (Wildman–Crippen LogP) is 1.64. The molecule has 0 aliphatic heterocycles. The third-order valence-corrected chi connectivity index (χ3v) is 4.70. The van der Waals surface area contributed by atoms with Crippen molar-refractivity contribution in [3.63, 3.8) is 0 Å². The first kappa shape index (κ1) is 18.4. The van der Waals surface area contributed by atoms with Crippen molar-refractivity contribution in [2.75, 3.05) is 26.5 Å². The van der Waals surface area contributed by atoms with Gasteiger partial charge < -0.3 is 20.1 Å². The average Bonchev–Trinajstić information content (AvgIpc) is 3.37. The van der Waals surface area contributed by atoms with Crippen molar-refractivity contribution in [1.82, 2.24) is 10.6 Å². The topological polar surface area (TPSA) is 76.7 Å². The van der Waals surface area contributed by atoms with Crippen LogP contribution in [0.1, 0.15) is 24.0 Å². The molecule has 1 saturated carbocycles. The van der Waals surface area contributed by atoms with Crippen LogP contribution >= 0.6 is 11.8 Å². The molecule has 2 amide bonds. The molecule has 1 aliphatic carbocycles. The lowest BCUT2D eigenvalue weighted by Gasteiger charge is -2.12. The second-order valence-electron chi connectivity index (χ2n) is 5.74. The molecule has 2 rings (SSSR count). The van der Waals surface area contributed by atoms with Crippen LogP contribution in [0.15, 0.2) is 12.1 Å². The van der Waals surface area contributed by atoms with Gasteiger partial charge in [0.15, 0.2) is 11.5 Å². The third-order valence-electron chi connectivity index (χ3n) is 3.72. The van der Waals surface area contributed by atoms with Gasteiger partial charge in [-0.25, -0.2) is 0 Å². The van der Waals surface area contributed by atoms with E-state index in [4.69, 9.17) is 9.47 Å². The van der Waals surface area contributed by atoms with E-state index in [1.807, 2.05) is 19.1 Å². The number of thioether (sulfide) groups is 1. The maximum atomic E-state index is 11.8. The molecule has 1 aliphatic rings. The quantitative estimate of drug-likeness (QED) is 0.707. The van der Waals surface area contributed by atoms with Crippen LogP contribution in [0.5, 0.6) is 11.5 Å². The van der Waals surface area contributed by atoms with Crippen LogP contribution in [-0.2, 0) is 15.3 Å². The first-order valence-corrected chi connectivity index (χ1v) is 9.04. The van der Waals surface area contributed by atoms with Crippen molar-refractivity contribution < 1.29 is 19.1 Å². The van der Waals surface area contributed by atoms with Gasteiger partial charge in [0.25, 0.3) is 0 Å². The lowest BCUT2D eigenvalue weighted by atomic mass is 10.1. The van der Waals surface area contributed by atoms with E-state index in [-0.39, 0.29) is 18.4 Å². The predicted molar refractivity (Wildman–Crippen MR) is 94.6 cm³/mol. The van der Waals surface area contributed by atoms with Crippen molar-refractivity contribution in [3.05, 3.63) is 23.3 Å². The van der Waals surface area contributed by atoms with E-state index in [2.05, 4.69) is 10.6 Å². The minimum atomic E-state index is -0.135. The van der Waals surface area contributed by atoms with Gasteiger partial charge in [0.1, 0.15) is 0 Å². The number of carbonyl (C=O) groups is 2. The molecule has 0 unspecified atom stereocenters. The van der Waals surface area contributed by atoms with Gasteiger partial charge in [-0.1, -0.05) is 0 Å². The highest BCUT2D eigenvalue weighted by Crippen LogP contribution is 2.31. The lowest BCUT2D eigenvalue weighted by Crippen LogP contribution is -2.38. The molecule has 0 spiro atoms. The molecule has 0 radical (unpaired) electrons. The van der Waals surface area contributed by atoms with Gasteiger partial charge in [-0.15, -0.1) is 11.8 Å². The third kappa shape index (κ3) is 5.63. The van der Waals surface area contributed by atoms with E-state index >= 15 is 0 Å². The molecule has 7 heteroatoms. The number of methoxy groups -OCH3 is 2. The van der Waals surface area contributed by atoms with Gasteiger partial charge in [0, 0.05) is 11.8 Å². The Morgan fingerprint density at radius 2 is 1.83 bits per heavy atom. The summed E-state index contributed by atoms with van der Waals surface area (Å²) in [5.74, 6) is 2.12. The maximum absolute atomic E-state index is 11.8. The van der Waals surface area contributed by atoms with Crippen LogP contribution in [0.25, 0.3) is 0 Å². The zero-order chi connectivity index (χ0) is 17.5. The molecule has 0 atom stereocenters. The number of hydrogen-bond donors (Lipinski definition) is 2. The molecule has 1 aromatic rings. The monoisotopic (exact) mass is 352 g/mol. The van der Waals surface area contributed by atoms with E-state index in [9.17, 15) is 9.59 Å². The number of hydrogen-bond acceptors (Lipinski definition) is 5. The normalized spacial score (nSPS) is 13.3. The number of rotatable bonds is 9. The first-order valence-electron chi connectivity index (χ1n) is 7.88. The highest BCUT2D eigenvalue weighted by atomic mass is 32.2. The zero-order valence-electron chi connectivity index (χ0n) is 14.3. The van der Waals surface area contributed by atoms with Gasteiger partial charge >= 0.3 is 0 Å². The average molecular weight is 352 g/mol. The van der Waals surface area contributed by atoms with Crippen LogP contribution in [0.3, 0.4) is 0 Å². The fourth-order valence-electron chi connectivity index (χ4n) is 2.17. The van der Waals surface area contributed by atoms with Gasteiger partial charge in [-0.2, -0.15) is 0 Å². The highest BCUT2D eigenvalue weighted by molar-refractivity contribution is 7.99. The molecule has 132 valence electrons. The Morgan fingerprint density at radius 3 is 2.46 bits per heavy atom. The van der Waals surface area contributed by atoms with Gasteiger partial charge in [0.05, 0.1) is 26.5 Å². The zero-order valence-corrected chi connectivity index (χ0v) is 15.1. The summed E-state index contributed by atoms with van der Waals surface area (Å²) in [5.41, 5.74) is 2.18. The summed E-state index contributed by atoms with van der Waals surface area (Å²) in [6.45, 7) is 2.05. The first-order chi connectivity index (χ1) is 11.5. The molecular weight excluding hydrogens is 328 g/mol.